The molecule has 0 saturated heterocycles. The summed E-state index contributed by atoms with van der Waals surface area (Å²) < 4.78 is 5.18. The van der Waals surface area contributed by atoms with Crippen molar-refractivity contribution in [2.24, 2.45) is 5.73 Å². The van der Waals surface area contributed by atoms with Gasteiger partial charge in [0, 0.05) is 30.3 Å². The number of nitrogens with one attached hydrogen (secondary N) is 2. The Morgan fingerprint density at radius 1 is 1.29 bits per heavy atom. The minimum absolute atomic E-state index is 0.0111. The van der Waals surface area contributed by atoms with Crippen molar-refractivity contribution in [1.29, 1.82) is 0 Å². The zero-order valence-electron chi connectivity index (χ0n) is 12.7. The van der Waals surface area contributed by atoms with Gasteiger partial charge in [-0.2, -0.15) is 0 Å². The number of benzene rings is 1. The second kappa shape index (κ2) is 7.64. The van der Waals surface area contributed by atoms with Gasteiger partial charge in [-0.3, -0.25) is 9.59 Å². The molecule has 0 bridgehead atoms. The van der Waals surface area contributed by atoms with Gasteiger partial charge in [0.1, 0.15) is 5.75 Å². The number of amides is 2. The molecule has 1 aromatic rings. The van der Waals surface area contributed by atoms with E-state index in [9.17, 15) is 9.59 Å². The van der Waals surface area contributed by atoms with Crippen LogP contribution >= 0.6 is 0 Å². The van der Waals surface area contributed by atoms with Crippen LogP contribution in [0, 0.1) is 0 Å². The fourth-order valence-corrected chi connectivity index (χ4v) is 1.59. The van der Waals surface area contributed by atoms with Crippen molar-refractivity contribution in [3.8, 4) is 5.75 Å². The molecule has 1 aromatic carbocycles. The average molecular weight is 293 g/mol. The fourth-order valence-electron chi connectivity index (χ4n) is 1.59. The molecular formula is C15H23N3O3. The van der Waals surface area contributed by atoms with Crippen LogP contribution < -0.4 is 21.1 Å². The molecule has 6 nitrogen and oxygen atoms in total. The summed E-state index contributed by atoms with van der Waals surface area (Å²) >= 11 is 0. The van der Waals surface area contributed by atoms with Crippen molar-refractivity contribution in [3.05, 3.63) is 24.3 Å². The molecule has 0 atom stereocenters. The normalized spacial score (nSPS) is 11.0. The van der Waals surface area contributed by atoms with Crippen LogP contribution in [-0.2, 0) is 9.59 Å². The van der Waals surface area contributed by atoms with Gasteiger partial charge in [-0.1, -0.05) is 6.07 Å². The van der Waals surface area contributed by atoms with Crippen LogP contribution in [0.2, 0.25) is 0 Å². The molecule has 21 heavy (non-hydrogen) atoms. The summed E-state index contributed by atoms with van der Waals surface area (Å²) in [5.41, 5.74) is 5.62. The molecule has 0 unspecified atom stereocenters. The van der Waals surface area contributed by atoms with Gasteiger partial charge in [0.25, 0.3) is 5.91 Å². The Kier molecular flexibility index (Phi) is 6.17. The van der Waals surface area contributed by atoms with E-state index in [0.29, 0.717) is 24.4 Å². The van der Waals surface area contributed by atoms with Gasteiger partial charge in [-0.15, -0.1) is 0 Å². The van der Waals surface area contributed by atoms with Crippen molar-refractivity contribution in [2.45, 2.75) is 32.7 Å². The highest BCUT2D eigenvalue weighted by Crippen LogP contribution is 2.17. The molecule has 0 radical (unpaired) electrons. The summed E-state index contributed by atoms with van der Waals surface area (Å²) in [6.45, 7) is 6.56. The van der Waals surface area contributed by atoms with Crippen LogP contribution in [0.25, 0.3) is 0 Å². The van der Waals surface area contributed by atoms with E-state index in [0.717, 1.165) is 0 Å². The van der Waals surface area contributed by atoms with Crippen molar-refractivity contribution in [3.63, 3.8) is 0 Å². The van der Waals surface area contributed by atoms with E-state index < -0.39 is 5.91 Å². The Hall–Kier alpha value is -2.08. The number of rotatable bonds is 7. The maximum Gasteiger partial charge on any atom is 0.255 e. The highest BCUT2D eigenvalue weighted by Gasteiger charge is 2.10. The first-order valence-corrected chi connectivity index (χ1v) is 6.82. The summed E-state index contributed by atoms with van der Waals surface area (Å²) in [6.07, 6.45) is 0.379. The van der Waals surface area contributed by atoms with E-state index in [1.165, 1.54) is 0 Å². The van der Waals surface area contributed by atoms with Crippen molar-refractivity contribution < 1.29 is 14.3 Å². The molecule has 2 amide bonds. The summed E-state index contributed by atoms with van der Waals surface area (Å²) in [5, 5.41) is 6.03. The first kappa shape index (κ1) is 17.0. The largest absolute Gasteiger partial charge is 0.484 e. The molecule has 0 heterocycles. The van der Waals surface area contributed by atoms with E-state index in [1.807, 2.05) is 20.8 Å². The Bertz CT molecular complexity index is 495. The van der Waals surface area contributed by atoms with Crippen LogP contribution in [0.4, 0.5) is 5.69 Å². The molecule has 0 saturated carbocycles. The number of hydrogen-bond donors (Lipinski definition) is 3. The van der Waals surface area contributed by atoms with Crippen molar-refractivity contribution in [1.82, 2.24) is 5.32 Å². The number of primary amides is 1. The molecule has 0 aliphatic heterocycles. The standard InChI is InChI=1S/C15H23N3O3/c1-15(2,3)17-8-7-14(20)18-11-5-4-6-12(9-11)21-10-13(16)19/h4-6,9,17H,7-8,10H2,1-3H3,(H2,16,19)(H,18,20). The van der Waals surface area contributed by atoms with Gasteiger partial charge in [0.2, 0.25) is 5.91 Å². The zero-order chi connectivity index (χ0) is 15.9. The molecule has 0 spiro atoms. The third-order valence-corrected chi connectivity index (χ3v) is 2.51. The number of nitrogens with two attached hydrogens (primary N) is 1. The lowest BCUT2D eigenvalue weighted by Crippen LogP contribution is -2.37. The minimum atomic E-state index is -0.544. The highest BCUT2D eigenvalue weighted by molar-refractivity contribution is 5.91. The van der Waals surface area contributed by atoms with E-state index >= 15 is 0 Å². The van der Waals surface area contributed by atoms with E-state index in [1.54, 1.807) is 24.3 Å². The lowest BCUT2D eigenvalue weighted by atomic mass is 10.1. The van der Waals surface area contributed by atoms with Crippen LogP contribution in [0.3, 0.4) is 0 Å². The SMILES string of the molecule is CC(C)(C)NCCC(=O)Nc1cccc(OCC(N)=O)c1. The summed E-state index contributed by atoms with van der Waals surface area (Å²) in [6, 6.07) is 6.84. The maximum absolute atomic E-state index is 11.8. The maximum atomic E-state index is 11.8. The minimum Gasteiger partial charge on any atom is -0.484 e. The van der Waals surface area contributed by atoms with Crippen molar-refractivity contribution >= 4 is 17.5 Å². The molecule has 6 heteroatoms. The lowest BCUT2D eigenvalue weighted by Gasteiger charge is -2.20. The second-order valence-electron chi connectivity index (χ2n) is 5.76. The van der Waals surface area contributed by atoms with Crippen LogP contribution in [0.1, 0.15) is 27.2 Å². The molecule has 0 fully saturated rings. The first-order valence-electron chi connectivity index (χ1n) is 6.82. The van der Waals surface area contributed by atoms with Crippen LogP contribution in [0.15, 0.2) is 24.3 Å². The summed E-state index contributed by atoms with van der Waals surface area (Å²) in [4.78, 5) is 22.5. The topological polar surface area (TPSA) is 93.4 Å². The first-order chi connectivity index (χ1) is 9.76. The van der Waals surface area contributed by atoms with E-state index in [-0.39, 0.29) is 18.1 Å². The number of hydrogen-bond acceptors (Lipinski definition) is 4. The van der Waals surface area contributed by atoms with Gasteiger partial charge in [0.15, 0.2) is 6.61 Å². The van der Waals surface area contributed by atoms with Crippen LogP contribution in [-0.4, -0.2) is 30.5 Å². The Labute approximate surface area is 125 Å². The molecule has 4 N–H and O–H groups in total. The quantitative estimate of drug-likeness (QED) is 0.705. The highest BCUT2D eigenvalue weighted by atomic mass is 16.5. The Morgan fingerprint density at radius 3 is 2.62 bits per heavy atom. The predicted octanol–water partition coefficient (Wildman–Crippen LogP) is 1.27. The number of ether oxygens (including phenoxy) is 1. The molecule has 0 aliphatic carbocycles. The van der Waals surface area contributed by atoms with Crippen molar-refractivity contribution in [2.75, 3.05) is 18.5 Å². The van der Waals surface area contributed by atoms with Gasteiger partial charge in [0.05, 0.1) is 0 Å². The molecule has 0 aromatic heterocycles. The third kappa shape index (κ3) is 7.94. The van der Waals surface area contributed by atoms with Gasteiger partial charge >= 0.3 is 0 Å². The second-order valence-corrected chi connectivity index (χ2v) is 5.76. The zero-order valence-corrected chi connectivity index (χ0v) is 12.7. The molecular weight excluding hydrogens is 270 g/mol. The smallest absolute Gasteiger partial charge is 0.255 e. The number of anilines is 1. The van der Waals surface area contributed by atoms with Gasteiger partial charge < -0.3 is 21.1 Å². The van der Waals surface area contributed by atoms with E-state index in [2.05, 4.69) is 10.6 Å². The molecule has 116 valence electrons. The molecule has 1 rings (SSSR count). The molecule has 0 aliphatic rings. The fraction of sp³-hybridized carbons (Fsp3) is 0.467. The third-order valence-electron chi connectivity index (χ3n) is 2.51. The Balaban J connectivity index is 2.45. The number of carbonyl (C=O) groups is 2. The predicted molar refractivity (Wildman–Crippen MR) is 82.1 cm³/mol. The summed E-state index contributed by atoms with van der Waals surface area (Å²) in [5.74, 6) is -0.143. The van der Waals surface area contributed by atoms with Crippen LogP contribution in [0.5, 0.6) is 5.75 Å². The van der Waals surface area contributed by atoms with Gasteiger partial charge in [-0.05, 0) is 32.9 Å². The number of carbonyl (C=O) groups excluding carboxylic acids is 2. The average Bonchev–Trinajstić information content (AvgIpc) is 2.35. The monoisotopic (exact) mass is 293 g/mol. The van der Waals surface area contributed by atoms with E-state index in [4.69, 9.17) is 10.5 Å². The Morgan fingerprint density at radius 2 is 2.00 bits per heavy atom. The lowest BCUT2D eigenvalue weighted by molar-refractivity contribution is -0.120. The summed E-state index contributed by atoms with van der Waals surface area (Å²) in [7, 11) is 0. The van der Waals surface area contributed by atoms with Gasteiger partial charge in [-0.25, -0.2) is 0 Å².